The van der Waals surface area contributed by atoms with Crippen LogP contribution < -0.4 is 15.2 Å². The highest BCUT2D eigenvalue weighted by Crippen LogP contribution is 2.13. The molecule has 1 aromatic rings. The lowest BCUT2D eigenvalue weighted by atomic mass is 10.3. The molecule has 0 saturated heterocycles. The summed E-state index contributed by atoms with van der Waals surface area (Å²) in [5.41, 5.74) is 6.06. The van der Waals surface area contributed by atoms with Crippen LogP contribution in [0.25, 0.3) is 0 Å². The Labute approximate surface area is 82.5 Å². The van der Waals surface area contributed by atoms with E-state index >= 15 is 0 Å². The summed E-state index contributed by atoms with van der Waals surface area (Å²) in [4.78, 5) is 0. The lowest BCUT2D eigenvalue weighted by Gasteiger charge is -2.08. The van der Waals surface area contributed by atoms with E-state index in [0.29, 0.717) is 11.4 Å². The highest BCUT2D eigenvalue weighted by Gasteiger charge is 2.13. The van der Waals surface area contributed by atoms with E-state index in [9.17, 15) is 8.42 Å². The number of hydrogen-bond donors (Lipinski definition) is 3. The van der Waals surface area contributed by atoms with Crippen LogP contribution in [0.2, 0.25) is 0 Å². The molecular formula is C6H13N5O2S. The van der Waals surface area contributed by atoms with Crippen LogP contribution in [0, 0.1) is 0 Å². The second kappa shape index (κ2) is 3.95. The maximum Gasteiger partial charge on any atom is 0.300 e. The smallest absolute Gasteiger partial charge is 0.300 e. The van der Waals surface area contributed by atoms with Gasteiger partial charge in [-0.05, 0) is 0 Å². The molecule has 0 fully saturated rings. The average molecular weight is 219 g/mol. The Hall–Kier alpha value is -1.12. The molecule has 8 heteroatoms. The van der Waals surface area contributed by atoms with Crippen molar-refractivity contribution in [1.29, 1.82) is 0 Å². The Balaban J connectivity index is 3.01. The number of rotatable bonds is 4. The Bertz CT molecular complexity index is 410. The number of hydrogen-bond acceptors (Lipinski definition) is 4. The van der Waals surface area contributed by atoms with Gasteiger partial charge in [-0.2, -0.15) is 13.5 Å². The van der Waals surface area contributed by atoms with Gasteiger partial charge in [-0.25, -0.2) is 4.72 Å². The van der Waals surface area contributed by atoms with Gasteiger partial charge in [0.2, 0.25) is 0 Å². The molecular weight excluding hydrogens is 206 g/mol. The van der Waals surface area contributed by atoms with Crippen LogP contribution in [-0.2, 0) is 23.8 Å². The zero-order chi connectivity index (χ0) is 10.8. The molecule has 0 spiro atoms. The van der Waals surface area contributed by atoms with Crippen LogP contribution in [0.4, 0.5) is 5.82 Å². The fourth-order valence-electron chi connectivity index (χ4n) is 0.942. The fraction of sp³-hybridized carbons (Fsp3) is 0.500. The van der Waals surface area contributed by atoms with Crippen LogP contribution in [0.1, 0.15) is 5.56 Å². The molecule has 0 aliphatic rings. The Morgan fingerprint density at radius 2 is 2.29 bits per heavy atom. The van der Waals surface area contributed by atoms with Gasteiger partial charge in [0.15, 0.2) is 0 Å². The maximum atomic E-state index is 11.2. The van der Waals surface area contributed by atoms with E-state index in [1.807, 2.05) is 0 Å². The summed E-state index contributed by atoms with van der Waals surface area (Å²) in [6.07, 6.45) is 1.52. The van der Waals surface area contributed by atoms with Gasteiger partial charge in [0.25, 0.3) is 10.2 Å². The summed E-state index contributed by atoms with van der Waals surface area (Å²) in [5, 5.41) is 3.89. The maximum absolute atomic E-state index is 11.2. The normalized spacial score (nSPS) is 11.6. The molecule has 0 aliphatic carbocycles. The van der Waals surface area contributed by atoms with Crippen molar-refractivity contribution in [2.75, 3.05) is 11.8 Å². The molecule has 0 aliphatic heterocycles. The molecule has 0 atom stereocenters. The van der Waals surface area contributed by atoms with Gasteiger partial charge in [-0.1, -0.05) is 0 Å². The minimum absolute atomic E-state index is 0.232. The molecule has 1 rings (SSSR count). The molecule has 14 heavy (non-hydrogen) atoms. The van der Waals surface area contributed by atoms with Crippen molar-refractivity contribution in [2.24, 2.45) is 12.8 Å². The zero-order valence-corrected chi connectivity index (χ0v) is 8.80. The predicted molar refractivity (Wildman–Crippen MR) is 52.7 cm³/mol. The Kier molecular flexibility index (Phi) is 3.09. The van der Waals surface area contributed by atoms with Crippen LogP contribution >= 0.6 is 0 Å². The molecule has 0 bridgehead atoms. The van der Waals surface area contributed by atoms with Crippen LogP contribution in [0.5, 0.6) is 0 Å². The number of nitrogens with zero attached hydrogens (tertiary/aromatic N) is 2. The lowest BCUT2D eigenvalue weighted by Crippen LogP contribution is -2.28. The third kappa shape index (κ3) is 2.22. The van der Waals surface area contributed by atoms with Crippen molar-refractivity contribution in [3.8, 4) is 0 Å². The summed E-state index contributed by atoms with van der Waals surface area (Å²) in [6.45, 7) is 0.232. The molecule has 0 saturated carbocycles. The molecule has 0 aromatic carbocycles. The third-order valence-corrected chi connectivity index (χ3v) is 2.73. The van der Waals surface area contributed by atoms with Crippen LogP contribution in [-0.4, -0.2) is 25.2 Å². The van der Waals surface area contributed by atoms with E-state index in [4.69, 9.17) is 5.73 Å². The van der Waals surface area contributed by atoms with Gasteiger partial charge in [0, 0.05) is 26.2 Å². The summed E-state index contributed by atoms with van der Waals surface area (Å²) in [5.74, 6) is 0.377. The largest absolute Gasteiger partial charge is 0.326 e. The minimum atomic E-state index is -3.51. The second-order valence-corrected chi connectivity index (χ2v) is 4.28. The van der Waals surface area contributed by atoms with Gasteiger partial charge >= 0.3 is 0 Å². The number of aryl methyl sites for hydroxylation is 1. The summed E-state index contributed by atoms with van der Waals surface area (Å²) in [7, 11) is -0.562. The average Bonchev–Trinajstić information content (AvgIpc) is 2.48. The quantitative estimate of drug-likeness (QED) is 0.589. The first-order valence-electron chi connectivity index (χ1n) is 3.92. The van der Waals surface area contributed by atoms with Crippen LogP contribution in [0.15, 0.2) is 6.20 Å². The molecule has 0 amide bonds. The number of anilines is 1. The van der Waals surface area contributed by atoms with Gasteiger partial charge < -0.3 is 5.73 Å². The van der Waals surface area contributed by atoms with E-state index < -0.39 is 10.2 Å². The first-order chi connectivity index (χ1) is 6.50. The van der Waals surface area contributed by atoms with E-state index in [0.717, 1.165) is 0 Å². The SMILES string of the molecule is CNS(=O)(=O)Nc1c(CN)cnn1C. The molecule has 0 radical (unpaired) electrons. The third-order valence-electron chi connectivity index (χ3n) is 1.73. The first kappa shape index (κ1) is 11.0. The van der Waals surface area contributed by atoms with Gasteiger partial charge in [0.05, 0.1) is 6.20 Å². The van der Waals surface area contributed by atoms with Crippen molar-refractivity contribution in [2.45, 2.75) is 6.54 Å². The number of nitrogens with one attached hydrogen (secondary N) is 2. The van der Waals surface area contributed by atoms with Gasteiger partial charge in [-0.3, -0.25) is 9.40 Å². The van der Waals surface area contributed by atoms with E-state index in [-0.39, 0.29) is 6.54 Å². The van der Waals surface area contributed by atoms with Gasteiger partial charge in [-0.15, -0.1) is 0 Å². The van der Waals surface area contributed by atoms with Crippen molar-refractivity contribution < 1.29 is 8.42 Å². The zero-order valence-electron chi connectivity index (χ0n) is 7.98. The highest BCUT2D eigenvalue weighted by molar-refractivity contribution is 7.90. The van der Waals surface area contributed by atoms with E-state index in [2.05, 4.69) is 14.5 Å². The molecule has 7 nitrogen and oxygen atoms in total. The van der Waals surface area contributed by atoms with Gasteiger partial charge in [0.1, 0.15) is 5.82 Å². The monoisotopic (exact) mass is 219 g/mol. The fourth-order valence-corrected chi connectivity index (χ4v) is 1.56. The predicted octanol–water partition coefficient (Wildman–Crippen LogP) is -1.25. The summed E-state index contributed by atoms with van der Waals surface area (Å²) >= 11 is 0. The van der Waals surface area contributed by atoms with Crippen molar-refractivity contribution >= 4 is 16.0 Å². The van der Waals surface area contributed by atoms with E-state index in [1.165, 1.54) is 17.9 Å². The van der Waals surface area contributed by atoms with Crippen molar-refractivity contribution in [3.05, 3.63) is 11.8 Å². The summed E-state index contributed by atoms with van der Waals surface area (Å²) in [6, 6.07) is 0. The standard InChI is InChI=1S/C6H13N5O2S/c1-8-14(12,13)10-6-5(3-7)4-9-11(6)2/h4,8,10H,3,7H2,1-2H3. The van der Waals surface area contributed by atoms with Crippen LogP contribution in [0.3, 0.4) is 0 Å². The molecule has 80 valence electrons. The van der Waals surface area contributed by atoms with Crippen molar-refractivity contribution in [3.63, 3.8) is 0 Å². The minimum Gasteiger partial charge on any atom is -0.326 e. The van der Waals surface area contributed by atoms with Crippen molar-refractivity contribution in [1.82, 2.24) is 14.5 Å². The summed E-state index contributed by atoms with van der Waals surface area (Å²) < 4.78 is 28.2. The lowest BCUT2D eigenvalue weighted by molar-refractivity contribution is 0.592. The van der Waals surface area contributed by atoms with E-state index in [1.54, 1.807) is 7.05 Å². The first-order valence-corrected chi connectivity index (χ1v) is 5.40. The molecule has 1 aromatic heterocycles. The topological polar surface area (TPSA) is 102 Å². The number of aromatic nitrogens is 2. The molecule has 1 heterocycles. The number of nitrogens with two attached hydrogens (primary N) is 1. The molecule has 0 unspecified atom stereocenters. The highest BCUT2D eigenvalue weighted by atomic mass is 32.2. The Morgan fingerprint density at radius 3 is 2.79 bits per heavy atom. The molecule has 4 N–H and O–H groups in total. The second-order valence-electron chi connectivity index (χ2n) is 2.66. The Morgan fingerprint density at radius 1 is 1.64 bits per heavy atom.